The smallest absolute Gasteiger partial charge is 0.313 e. The Morgan fingerprint density at radius 3 is 2.45 bits per heavy atom. The van der Waals surface area contributed by atoms with Crippen molar-refractivity contribution in [3.8, 4) is 0 Å². The first kappa shape index (κ1) is 15.7. The number of esters is 1. The van der Waals surface area contributed by atoms with Gasteiger partial charge in [-0.05, 0) is 19.8 Å². The molecule has 6 heteroatoms. The molecule has 3 rings (SSSR count). The zero-order valence-corrected chi connectivity index (χ0v) is 13.7. The molecule has 2 bridgehead atoms. The minimum Gasteiger partial charge on any atom is -0.448 e. The van der Waals surface area contributed by atoms with E-state index in [9.17, 15) is 9.59 Å². The number of hydrogen-bond acceptors (Lipinski definition) is 5. The van der Waals surface area contributed by atoms with Crippen LogP contribution in [0.2, 0.25) is 0 Å². The molecule has 0 aromatic rings. The molecule has 22 heavy (non-hydrogen) atoms. The van der Waals surface area contributed by atoms with Gasteiger partial charge in [0, 0.05) is 31.6 Å². The average Bonchev–Trinajstić information content (AvgIpc) is 2.78. The maximum atomic E-state index is 12.7. The van der Waals surface area contributed by atoms with Gasteiger partial charge in [0.1, 0.15) is 0 Å². The second-order valence-corrected chi connectivity index (χ2v) is 7.38. The minimum absolute atomic E-state index is 0.139. The third-order valence-corrected chi connectivity index (χ3v) is 6.27. The van der Waals surface area contributed by atoms with Crippen molar-refractivity contribution in [1.82, 2.24) is 10.2 Å². The second kappa shape index (κ2) is 5.20. The van der Waals surface area contributed by atoms with E-state index in [0.29, 0.717) is 13.0 Å². The third kappa shape index (κ3) is 2.00. The summed E-state index contributed by atoms with van der Waals surface area (Å²) in [5.41, 5.74) is -2.02. The highest BCUT2D eigenvalue weighted by molar-refractivity contribution is 5.96. The summed E-state index contributed by atoms with van der Waals surface area (Å²) in [6.07, 6.45) is 1.33. The van der Waals surface area contributed by atoms with Gasteiger partial charge in [-0.25, -0.2) is 0 Å². The fourth-order valence-corrected chi connectivity index (χ4v) is 4.04. The molecule has 1 N–H and O–H groups in total. The van der Waals surface area contributed by atoms with E-state index in [4.69, 9.17) is 9.47 Å². The first-order valence-electron chi connectivity index (χ1n) is 8.15. The van der Waals surface area contributed by atoms with Crippen molar-refractivity contribution in [1.29, 1.82) is 0 Å². The van der Waals surface area contributed by atoms with E-state index >= 15 is 0 Å². The van der Waals surface area contributed by atoms with Crippen LogP contribution in [0.4, 0.5) is 0 Å². The van der Waals surface area contributed by atoms with Crippen LogP contribution in [0.15, 0.2) is 0 Å². The highest BCUT2D eigenvalue weighted by Crippen LogP contribution is 2.65. The summed E-state index contributed by atoms with van der Waals surface area (Å²) in [5.74, 6) is -0.368. The van der Waals surface area contributed by atoms with E-state index in [-0.39, 0.29) is 11.9 Å². The van der Waals surface area contributed by atoms with Crippen LogP contribution in [0.5, 0.6) is 0 Å². The van der Waals surface area contributed by atoms with E-state index in [1.165, 1.54) is 0 Å². The van der Waals surface area contributed by atoms with Crippen molar-refractivity contribution in [2.75, 3.05) is 39.4 Å². The van der Waals surface area contributed by atoms with Gasteiger partial charge in [0.25, 0.3) is 5.91 Å². The predicted molar refractivity (Wildman–Crippen MR) is 80.2 cm³/mol. The lowest BCUT2D eigenvalue weighted by Crippen LogP contribution is -2.54. The minimum atomic E-state index is -0.996. The Morgan fingerprint density at radius 2 is 1.91 bits per heavy atom. The van der Waals surface area contributed by atoms with Crippen molar-refractivity contribution in [2.45, 2.75) is 39.2 Å². The highest BCUT2D eigenvalue weighted by atomic mass is 16.6. The molecule has 0 spiro atoms. The van der Waals surface area contributed by atoms with Crippen LogP contribution >= 0.6 is 0 Å². The number of carbonyl (C=O) groups excluding carboxylic acids is 2. The fourth-order valence-electron chi connectivity index (χ4n) is 4.04. The van der Waals surface area contributed by atoms with Gasteiger partial charge in [-0.1, -0.05) is 13.8 Å². The topological polar surface area (TPSA) is 67.9 Å². The first-order valence-corrected chi connectivity index (χ1v) is 8.15. The monoisotopic (exact) mass is 310 g/mol. The maximum absolute atomic E-state index is 12.7. The van der Waals surface area contributed by atoms with E-state index in [2.05, 4.69) is 10.2 Å². The van der Waals surface area contributed by atoms with E-state index in [1.807, 2.05) is 20.8 Å². The Balaban J connectivity index is 1.61. The van der Waals surface area contributed by atoms with Crippen LogP contribution in [-0.4, -0.2) is 61.8 Å². The Kier molecular flexibility index (Phi) is 3.72. The van der Waals surface area contributed by atoms with Crippen molar-refractivity contribution in [3.63, 3.8) is 0 Å². The van der Waals surface area contributed by atoms with Crippen molar-refractivity contribution >= 4 is 11.9 Å². The lowest BCUT2D eigenvalue weighted by molar-refractivity contribution is -0.168. The number of morpholine rings is 1. The molecule has 0 aromatic heterocycles. The quantitative estimate of drug-likeness (QED) is 0.768. The van der Waals surface area contributed by atoms with Crippen molar-refractivity contribution in [3.05, 3.63) is 0 Å². The molecule has 3 fully saturated rings. The molecule has 1 saturated carbocycles. The molecular formula is C16H26N2O4. The zero-order chi connectivity index (χ0) is 16.0. The second-order valence-electron chi connectivity index (χ2n) is 7.38. The molecule has 2 heterocycles. The summed E-state index contributed by atoms with van der Waals surface area (Å²) in [6.45, 7) is 10.6. The van der Waals surface area contributed by atoms with Gasteiger partial charge < -0.3 is 14.8 Å². The Morgan fingerprint density at radius 1 is 1.23 bits per heavy atom. The zero-order valence-electron chi connectivity index (χ0n) is 13.7. The largest absolute Gasteiger partial charge is 0.448 e. The Hall–Kier alpha value is -1.14. The summed E-state index contributed by atoms with van der Waals surface area (Å²) >= 11 is 0. The molecule has 1 aliphatic carbocycles. The van der Waals surface area contributed by atoms with Crippen molar-refractivity contribution in [2.24, 2.45) is 10.8 Å². The summed E-state index contributed by atoms with van der Waals surface area (Å²) < 4.78 is 10.9. The number of carbonyl (C=O) groups is 2. The fraction of sp³-hybridized carbons (Fsp3) is 0.875. The average molecular weight is 310 g/mol. The molecule has 3 aliphatic rings. The molecule has 2 saturated heterocycles. The maximum Gasteiger partial charge on any atom is 0.313 e. The highest BCUT2D eigenvalue weighted by Gasteiger charge is 2.75. The van der Waals surface area contributed by atoms with Crippen LogP contribution in [0.25, 0.3) is 0 Å². The van der Waals surface area contributed by atoms with Gasteiger partial charge in [0.2, 0.25) is 0 Å². The van der Waals surface area contributed by atoms with Gasteiger partial charge in [0.05, 0.1) is 18.6 Å². The first-order chi connectivity index (χ1) is 10.3. The Bertz CT molecular complexity index is 487. The van der Waals surface area contributed by atoms with Crippen LogP contribution in [0.3, 0.4) is 0 Å². The molecule has 6 nitrogen and oxygen atoms in total. The van der Waals surface area contributed by atoms with Crippen LogP contribution in [-0.2, 0) is 19.1 Å². The molecule has 2 atom stereocenters. The summed E-state index contributed by atoms with van der Waals surface area (Å²) in [4.78, 5) is 27.2. The van der Waals surface area contributed by atoms with Crippen molar-refractivity contribution < 1.29 is 19.1 Å². The van der Waals surface area contributed by atoms with Crippen LogP contribution < -0.4 is 5.32 Å². The van der Waals surface area contributed by atoms with Gasteiger partial charge in [-0.3, -0.25) is 14.5 Å². The SMILES string of the molecule is CC1(C)[C@@]2(C)CC[C@@]1(C(=O)NCCN1CCOCC1)OC2=O. The van der Waals surface area contributed by atoms with Crippen LogP contribution in [0.1, 0.15) is 33.6 Å². The number of hydrogen-bond donors (Lipinski definition) is 1. The number of rotatable bonds is 4. The molecule has 0 unspecified atom stereocenters. The molecule has 0 radical (unpaired) electrons. The Labute approximate surface area is 131 Å². The number of nitrogens with zero attached hydrogens (tertiary/aromatic N) is 1. The lowest BCUT2D eigenvalue weighted by Gasteiger charge is -2.35. The predicted octanol–water partition coefficient (Wildman–Crippen LogP) is 0.557. The standard InChI is InChI=1S/C16H26N2O4/c1-14(2)15(3)4-5-16(14,22-13(15)20)12(19)17-6-7-18-8-10-21-11-9-18/h4-11H2,1-3H3,(H,17,19)/t15-,16-/m0/s1. The number of amides is 1. The molecular weight excluding hydrogens is 284 g/mol. The lowest BCUT2D eigenvalue weighted by atomic mass is 9.66. The number of fused-ring (bicyclic) bond motifs is 2. The molecule has 1 amide bonds. The van der Waals surface area contributed by atoms with E-state index in [0.717, 1.165) is 39.3 Å². The molecule has 2 aliphatic heterocycles. The van der Waals surface area contributed by atoms with Gasteiger partial charge in [-0.2, -0.15) is 0 Å². The number of ether oxygens (including phenoxy) is 2. The van der Waals surface area contributed by atoms with E-state index in [1.54, 1.807) is 0 Å². The molecule has 124 valence electrons. The third-order valence-electron chi connectivity index (χ3n) is 6.27. The van der Waals surface area contributed by atoms with Gasteiger partial charge >= 0.3 is 5.97 Å². The molecule has 0 aromatic carbocycles. The van der Waals surface area contributed by atoms with E-state index < -0.39 is 16.4 Å². The number of nitrogens with one attached hydrogen (secondary N) is 1. The summed E-state index contributed by atoms with van der Waals surface area (Å²) in [5, 5.41) is 2.99. The normalized spacial score (nSPS) is 37.1. The van der Waals surface area contributed by atoms with Crippen LogP contribution in [0, 0.1) is 10.8 Å². The van der Waals surface area contributed by atoms with Gasteiger partial charge in [-0.15, -0.1) is 0 Å². The van der Waals surface area contributed by atoms with Gasteiger partial charge in [0.15, 0.2) is 5.60 Å². The summed E-state index contributed by atoms with van der Waals surface area (Å²) in [7, 11) is 0. The summed E-state index contributed by atoms with van der Waals surface area (Å²) in [6, 6.07) is 0.